The lowest BCUT2D eigenvalue weighted by Gasteiger charge is -2.25. The molecule has 0 saturated carbocycles. The van der Waals surface area contributed by atoms with Crippen molar-refractivity contribution in [1.82, 2.24) is 20.2 Å². The van der Waals surface area contributed by atoms with E-state index in [1.807, 2.05) is 18.2 Å². The molecule has 0 spiro atoms. The van der Waals surface area contributed by atoms with Crippen molar-refractivity contribution in [3.63, 3.8) is 0 Å². The fraction of sp³-hybridized carbons (Fsp3) is 0.267. The topological polar surface area (TPSA) is 125 Å². The van der Waals surface area contributed by atoms with Crippen LogP contribution in [0, 0.1) is 11.6 Å². The fourth-order valence-electron chi connectivity index (χ4n) is 4.52. The van der Waals surface area contributed by atoms with Gasteiger partial charge in [0.15, 0.2) is 0 Å². The van der Waals surface area contributed by atoms with Gasteiger partial charge in [0.25, 0.3) is 15.9 Å². The minimum Gasteiger partial charge on any atom is -0.390 e. The van der Waals surface area contributed by atoms with Gasteiger partial charge in [-0.25, -0.2) is 13.8 Å². The first-order chi connectivity index (χ1) is 20.0. The molecule has 0 aliphatic heterocycles. The summed E-state index contributed by atoms with van der Waals surface area (Å²) < 4.78 is 57.0. The molecule has 4 N–H and O–H groups in total. The summed E-state index contributed by atoms with van der Waals surface area (Å²) in [6.07, 6.45) is 2.55. The number of nitrogens with zero attached hydrogens (tertiary/aromatic N) is 2. The quantitative estimate of drug-likeness (QED) is 0.158. The molecule has 45 heavy (non-hydrogen) atoms. The van der Waals surface area contributed by atoms with Crippen LogP contribution in [0.1, 0.15) is 34.0 Å². The van der Waals surface area contributed by atoms with Gasteiger partial charge in [0.2, 0.25) is 5.16 Å². The lowest BCUT2D eigenvalue weighted by molar-refractivity contribution is 0.0830. The number of nitrogens with one attached hydrogen (secondary N) is 3. The Morgan fingerprint density at radius 2 is 1.62 bits per heavy atom. The van der Waals surface area contributed by atoms with E-state index in [4.69, 9.17) is 0 Å². The fourth-order valence-corrected chi connectivity index (χ4v) is 5.69. The summed E-state index contributed by atoms with van der Waals surface area (Å²) in [5.74, 6) is -2.15. The van der Waals surface area contributed by atoms with Crippen LogP contribution in [0.3, 0.4) is 0 Å². The summed E-state index contributed by atoms with van der Waals surface area (Å²) in [6.45, 7) is 2.62. The molecule has 2 atom stereocenters. The standard InChI is InChI=1S/C30H33F2N5O4S.3ClH/c1-3-20-6-4-7-21(12-20)18-33-19-28(38)27(15-22-13-24(31)17-25(32)14-22)35-29(39)23-8-5-9-26(16-23)36-42(40,41)30-34-10-11-37(30)2;;;/h4-14,16-17,27-28,33,36,38H,3,15,18-19H2,1-2H3,(H,35,39);3*1H/t27-,28+;;;/m0.../s1. The highest BCUT2D eigenvalue weighted by atomic mass is 35.5. The average Bonchev–Trinajstić information content (AvgIpc) is 3.39. The van der Waals surface area contributed by atoms with Crippen molar-refractivity contribution in [3.05, 3.63) is 113 Å². The number of aromatic nitrogens is 2. The van der Waals surface area contributed by atoms with Crippen LogP contribution in [0.2, 0.25) is 0 Å². The van der Waals surface area contributed by atoms with E-state index >= 15 is 0 Å². The van der Waals surface area contributed by atoms with Gasteiger partial charge < -0.3 is 20.3 Å². The predicted molar refractivity (Wildman–Crippen MR) is 177 cm³/mol. The van der Waals surface area contributed by atoms with E-state index in [0.29, 0.717) is 6.54 Å². The Hall–Kier alpha value is -3.26. The second-order valence-corrected chi connectivity index (χ2v) is 11.5. The van der Waals surface area contributed by atoms with Gasteiger partial charge in [-0.2, -0.15) is 8.42 Å². The minimum atomic E-state index is -4.02. The number of carbonyl (C=O) groups is 1. The SMILES string of the molecule is CCc1cccc(CNC[C@@H](O)[C@H](Cc2cc(F)cc(F)c2)NC(=O)c2cccc(NS(=O)(=O)c3nccn3C)c2)c1.Cl.Cl.Cl. The second kappa shape index (κ2) is 18.0. The Morgan fingerprint density at radius 1 is 0.956 bits per heavy atom. The number of carbonyl (C=O) groups excluding carboxylic acids is 1. The van der Waals surface area contributed by atoms with Crippen LogP contribution in [0.5, 0.6) is 0 Å². The third-order valence-corrected chi connectivity index (χ3v) is 8.01. The molecular weight excluding hydrogens is 671 g/mol. The Kier molecular flexibility index (Phi) is 15.9. The highest BCUT2D eigenvalue weighted by Crippen LogP contribution is 2.17. The third-order valence-electron chi connectivity index (χ3n) is 6.64. The van der Waals surface area contributed by atoms with Gasteiger partial charge in [0.05, 0.1) is 12.1 Å². The first-order valence-electron chi connectivity index (χ1n) is 13.4. The zero-order chi connectivity index (χ0) is 30.3. The van der Waals surface area contributed by atoms with Crippen LogP contribution in [0.4, 0.5) is 14.5 Å². The molecular formula is C30H36Cl3F2N5O4S. The summed E-state index contributed by atoms with van der Waals surface area (Å²) in [6, 6.07) is 15.9. The van der Waals surface area contributed by atoms with Gasteiger partial charge in [-0.15, -0.1) is 37.2 Å². The molecule has 3 aromatic carbocycles. The lowest BCUT2D eigenvalue weighted by Crippen LogP contribution is -2.48. The van der Waals surface area contributed by atoms with Crippen LogP contribution < -0.4 is 15.4 Å². The number of aliphatic hydroxyl groups is 1. The maximum atomic E-state index is 13.9. The predicted octanol–water partition coefficient (Wildman–Crippen LogP) is 4.82. The van der Waals surface area contributed by atoms with Gasteiger partial charge in [-0.05, 0) is 59.9 Å². The van der Waals surface area contributed by atoms with Gasteiger partial charge >= 0.3 is 0 Å². The van der Waals surface area contributed by atoms with E-state index in [0.717, 1.165) is 30.2 Å². The minimum absolute atomic E-state index is 0. The maximum Gasteiger partial charge on any atom is 0.295 e. The molecule has 0 bridgehead atoms. The van der Waals surface area contributed by atoms with Crippen molar-refractivity contribution in [2.45, 2.75) is 43.6 Å². The van der Waals surface area contributed by atoms with E-state index in [1.54, 1.807) is 7.05 Å². The van der Waals surface area contributed by atoms with E-state index in [-0.39, 0.29) is 72.2 Å². The normalized spacial score (nSPS) is 12.1. The number of sulfonamides is 1. The van der Waals surface area contributed by atoms with E-state index in [9.17, 15) is 27.1 Å². The molecule has 0 radical (unpaired) electrons. The van der Waals surface area contributed by atoms with Crippen molar-refractivity contribution in [2.24, 2.45) is 7.05 Å². The molecule has 0 unspecified atom stereocenters. The molecule has 0 saturated heterocycles. The molecule has 4 rings (SSSR count). The van der Waals surface area contributed by atoms with Gasteiger partial charge in [-0.3, -0.25) is 9.52 Å². The molecule has 246 valence electrons. The summed E-state index contributed by atoms with van der Waals surface area (Å²) in [5, 5.41) is 16.8. The third kappa shape index (κ3) is 11.2. The number of hydrogen-bond donors (Lipinski definition) is 4. The van der Waals surface area contributed by atoms with Crippen LogP contribution in [0.15, 0.2) is 84.3 Å². The van der Waals surface area contributed by atoms with Gasteiger partial charge in [-0.1, -0.05) is 37.3 Å². The molecule has 1 amide bonds. The molecule has 0 fully saturated rings. The summed E-state index contributed by atoms with van der Waals surface area (Å²) in [7, 11) is -2.48. The highest BCUT2D eigenvalue weighted by Gasteiger charge is 2.24. The second-order valence-electron chi connectivity index (χ2n) is 9.94. The Balaban J connectivity index is 0.00000337. The van der Waals surface area contributed by atoms with Crippen LogP contribution in [0.25, 0.3) is 0 Å². The molecule has 1 aromatic heterocycles. The number of amides is 1. The highest BCUT2D eigenvalue weighted by molar-refractivity contribution is 7.92. The molecule has 15 heteroatoms. The van der Waals surface area contributed by atoms with Gasteiger partial charge in [0, 0.05) is 49.8 Å². The number of benzene rings is 3. The summed E-state index contributed by atoms with van der Waals surface area (Å²) in [4.78, 5) is 17.1. The first-order valence-corrected chi connectivity index (χ1v) is 14.8. The van der Waals surface area contributed by atoms with Gasteiger partial charge in [0.1, 0.15) is 11.6 Å². The van der Waals surface area contributed by atoms with Crippen molar-refractivity contribution >= 4 is 58.8 Å². The van der Waals surface area contributed by atoms with E-state index < -0.39 is 39.7 Å². The Labute approximate surface area is 280 Å². The smallest absolute Gasteiger partial charge is 0.295 e. The molecule has 0 aliphatic rings. The first kappa shape index (κ1) is 39.8. The number of anilines is 1. The Morgan fingerprint density at radius 3 is 2.27 bits per heavy atom. The number of aliphatic hydroxyl groups excluding tert-OH is 1. The van der Waals surface area contributed by atoms with Crippen molar-refractivity contribution in [1.29, 1.82) is 0 Å². The average molecular weight is 707 g/mol. The van der Waals surface area contributed by atoms with Crippen LogP contribution in [-0.2, 0) is 36.5 Å². The molecule has 0 aliphatic carbocycles. The van der Waals surface area contributed by atoms with Crippen LogP contribution >= 0.6 is 37.2 Å². The number of halogens is 5. The lowest BCUT2D eigenvalue weighted by atomic mass is 10.00. The number of rotatable bonds is 13. The molecule has 1 heterocycles. The van der Waals surface area contributed by atoms with Crippen molar-refractivity contribution < 1.29 is 27.1 Å². The number of aryl methyl sites for hydroxylation is 2. The van der Waals surface area contributed by atoms with E-state index in [1.165, 1.54) is 46.8 Å². The Bertz CT molecular complexity index is 1640. The van der Waals surface area contributed by atoms with Crippen molar-refractivity contribution in [3.8, 4) is 0 Å². The summed E-state index contributed by atoms with van der Waals surface area (Å²) in [5.41, 5.74) is 2.70. The monoisotopic (exact) mass is 705 g/mol. The van der Waals surface area contributed by atoms with Crippen molar-refractivity contribution in [2.75, 3.05) is 11.3 Å². The zero-order valence-corrected chi connectivity index (χ0v) is 27.7. The molecule has 9 nitrogen and oxygen atoms in total. The maximum absolute atomic E-state index is 13.9. The van der Waals surface area contributed by atoms with Crippen LogP contribution in [-0.4, -0.2) is 47.7 Å². The number of hydrogen-bond acceptors (Lipinski definition) is 6. The summed E-state index contributed by atoms with van der Waals surface area (Å²) >= 11 is 0. The molecule has 4 aromatic rings. The number of imidazole rings is 1. The zero-order valence-electron chi connectivity index (χ0n) is 24.4. The van der Waals surface area contributed by atoms with E-state index in [2.05, 4.69) is 33.3 Å². The largest absolute Gasteiger partial charge is 0.390 e.